The molecular formula is C12H27N3O2S2. The number of likely N-dealkylation sites (N-methyl/N-ethyl adjacent to an activating group) is 1. The molecule has 0 aromatic rings. The molecule has 1 aliphatic heterocycles. The molecule has 114 valence electrons. The van der Waals surface area contributed by atoms with Gasteiger partial charge in [-0.3, -0.25) is 0 Å². The number of thioether (sulfide) groups is 1. The van der Waals surface area contributed by atoms with Crippen LogP contribution in [0.3, 0.4) is 0 Å². The molecule has 19 heavy (non-hydrogen) atoms. The average Bonchev–Trinajstić information content (AvgIpc) is 2.38. The van der Waals surface area contributed by atoms with Crippen molar-refractivity contribution in [3.8, 4) is 0 Å². The molecule has 1 fully saturated rings. The summed E-state index contributed by atoms with van der Waals surface area (Å²) in [6.45, 7) is 5.89. The van der Waals surface area contributed by atoms with Crippen molar-refractivity contribution in [2.24, 2.45) is 0 Å². The quantitative estimate of drug-likeness (QED) is 0.737. The lowest BCUT2D eigenvalue weighted by Crippen LogP contribution is -2.53. The van der Waals surface area contributed by atoms with Gasteiger partial charge in [0.15, 0.2) is 0 Å². The van der Waals surface area contributed by atoms with Crippen LogP contribution in [0.1, 0.15) is 33.1 Å². The van der Waals surface area contributed by atoms with E-state index in [0.717, 1.165) is 19.3 Å². The van der Waals surface area contributed by atoms with Gasteiger partial charge in [-0.25, -0.2) is 4.72 Å². The second-order valence-corrected chi connectivity index (χ2v) is 8.83. The summed E-state index contributed by atoms with van der Waals surface area (Å²) in [5, 5.41) is 3.09. The minimum Gasteiger partial charge on any atom is -0.318 e. The highest BCUT2D eigenvalue weighted by molar-refractivity contribution is 8.00. The molecule has 0 radical (unpaired) electrons. The number of nitrogens with zero attached hydrogens (tertiary/aromatic N) is 1. The average molecular weight is 310 g/mol. The highest BCUT2D eigenvalue weighted by Gasteiger charge is 2.32. The van der Waals surface area contributed by atoms with E-state index in [0.29, 0.717) is 19.6 Å². The number of piperidine rings is 1. The van der Waals surface area contributed by atoms with Gasteiger partial charge in [0.25, 0.3) is 10.2 Å². The molecule has 0 aliphatic carbocycles. The van der Waals surface area contributed by atoms with E-state index in [4.69, 9.17) is 0 Å². The van der Waals surface area contributed by atoms with Crippen LogP contribution in [0, 0.1) is 0 Å². The van der Waals surface area contributed by atoms with Crippen LogP contribution in [0.25, 0.3) is 0 Å². The largest absolute Gasteiger partial charge is 0.318 e. The van der Waals surface area contributed by atoms with E-state index in [1.165, 1.54) is 0 Å². The van der Waals surface area contributed by atoms with Gasteiger partial charge in [-0.05, 0) is 40.0 Å². The predicted octanol–water partition coefficient (Wildman–Crippen LogP) is 1.04. The van der Waals surface area contributed by atoms with E-state index in [1.807, 2.05) is 27.2 Å². The molecule has 1 rings (SSSR count). The lowest BCUT2D eigenvalue weighted by molar-refractivity contribution is 0.246. The van der Waals surface area contributed by atoms with E-state index >= 15 is 0 Å². The molecule has 0 saturated carbocycles. The van der Waals surface area contributed by atoms with E-state index in [-0.39, 0.29) is 10.8 Å². The number of nitrogens with one attached hydrogen (secondary N) is 2. The Bertz CT molecular complexity index is 369. The van der Waals surface area contributed by atoms with Crippen molar-refractivity contribution in [3.05, 3.63) is 0 Å². The van der Waals surface area contributed by atoms with Gasteiger partial charge >= 0.3 is 0 Å². The summed E-state index contributed by atoms with van der Waals surface area (Å²) < 4.78 is 29.1. The molecule has 1 saturated heterocycles. The van der Waals surface area contributed by atoms with E-state index < -0.39 is 10.2 Å². The third kappa shape index (κ3) is 5.23. The van der Waals surface area contributed by atoms with Gasteiger partial charge in [0.1, 0.15) is 0 Å². The summed E-state index contributed by atoms with van der Waals surface area (Å²) in [5.41, 5.74) is 0. The Morgan fingerprint density at radius 1 is 1.37 bits per heavy atom. The van der Waals surface area contributed by atoms with Gasteiger partial charge < -0.3 is 5.32 Å². The monoisotopic (exact) mass is 309 g/mol. The lowest BCUT2D eigenvalue weighted by atomic mass is 10.1. The second kappa shape index (κ2) is 7.26. The topological polar surface area (TPSA) is 61.4 Å². The molecule has 0 aromatic heterocycles. The Hall–Kier alpha value is 0.180. The second-order valence-electron chi connectivity index (χ2n) is 5.61. The Labute approximate surface area is 122 Å². The van der Waals surface area contributed by atoms with Gasteiger partial charge in [0, 0.05) is 30.4 Å². The first-order valence-electron chi connectivity index (χ1n) is 6.78. The van der Waals surface area contributed by atoms with Crippen LogP contribution in [0.2, 0.25) is 0 Å². The zero-order valence-corrected chi connectivity index (χ0v) is 14.0. The molecule has 2 N–H and O–H groups in total. The molecule has 0 aromatic carbocycles. The van der Waals surface area contributed by atoms with E-state index in [2.05, 4.69) is 10.0 Å². The normalized spacial score (nSPS) is 22.6. The van der Waals surface area contributed by atoms with Crippen molar-refractivity contribution in [1.29, 1.82) is 0 Å². The summed E-state index contributed by atoms with van der Waals surface area (Å²) in [6.07, 6.45) is 4.99. The van der Waals surface area contributed by atoms with Crippen molar-refractivity contribution < 1.29 is 8.42 Å². The first-order valence-corrected chi connectivity index (χ1v) is 9.45. The van der Waals surface area contributed by atoms with Crippen LogP contribution in [0.4, 0.5) is 0 Å². The molecule has 1 atom stereocenters. The standard InChI is InChI=1S/C12H27N3O2S2/c1-12(2,18-4)10-14-19(16,17)15-8-6-5-7-11(15)9-13-3/h11,13-14H,5-10H2,1-4H3. The number of rotatable bonds is 7. The van der Waals surface area contributed by atoms with Crippen LogP contribution in [0.5, 0.6) is 0 Å². The van der Waals surface area contributed by atoms with Gasteiger partial charge in [0.2, 0.25) is 0 Å². The molecule has 1 aliphatic rings. The Morgan fingerprint density at radius 3 is 2.63 bits per heavy atom. The summed E-state index contributed by atoms with van der Waals surface area (Å²) in [6, 6.07) is 0.0774. The highest BCUT2D eigenvalue weighted by Crippen LogP contribution is 2.22. The maximum atomic E-state index is 12.4. The van der Waals surface area contributed by atoms with Crippen molar-refractivity contribution in [3.63, 3.8) is 0 Å². The van der Waals surface area contributed by atoms with Crippen LogP contribution >= 0.6 is 11.8 Å². The molecule has 0 amide bonds. The molecular weight excluding hydrogens is 282 g/mol. The maximum absolute atomic E-state index is 12.4. The fraction of sp³-hybridized carbons (Fsp3) is 1.00. The van der Waals surface area contributed by atoms with E-state index in [9.17, 15) is 8.42 Å². The van der Waals surface area contributed by atoms with Crippen molar-refractivity contribution in [2.45, 2.75) is 43.9 Å². The first-order chi connectivity index (χ1) is 8.82. The van der Waals surface area contributed by atoms with E-state index in [1.54, 1.807) is 16.1 Å². The van der Waals surface area contributed by atoms with Crippen molar-refractivity contribution in [1.82, 2.24) is 14.3 Å². The van der Waals surface area contributed by atoms with Crippen molar-refractivity contribution in [2.75, 3.05) is 32.9 Å². The van der Waals surface area contributed by atoms with Crippen molar-refractivity contribution >= 4 is 22.0 Å². The zero-order chi connectivity index (χ0) is 14.5. The summed E-state index contributed by atoms with van der Waals surface area (Å²) >= 11 is 1.67. The number of hydrogen-bond acceptors (Lipinski definition) is 4. The predicted molar refractivity (Wildman–Crippen MR) is 82.8 cm³/mol. The van der Waals surface area contributed by atoms with Crippen LogP contribution in [-0.2, 0) is 10.2 Å². The SMILES string of the molecule is CNCC1CCCCN1S(=O)(=O)NCC(C)(C)SC. The lowest BCUT2D eigenvalue weighted by Gasteiger charge is -2.35. The Kier molecular flexibility index (Phi) is 6.59. The summed E-state index contributed by atoms with van der Waals surface area (Å²) in [5.74, 6) is 0. The number of hydrogen-bond donors (Lipinski definition) is 2. The molecule has 1 unspecified atom stereocenters. The third-order valence-corrected chi connectivity index (χ3v) is 6.41. The van der Waals surface area contributed by atoms with Crippen LogP contribution in [-0.4, -0.2) is 56.4 Å². The van der Waals surface area contributed by atoms with Gasteiger partial charge in [-0.15, -0.1) is 0 Å². The minimum absolute atomic E-state index is 0.0774. The smallest absolute Gasteiger partial charge is 0.279 e. The zero-order valence-electron chi connectivity index (χ0n) is 12.4. The maximum Gasteiger partial charge on any atom is 0.279 e. The molecule has 5 nitrogen and oxygen atoms in total. The van der Waals surface area contributed by atoms with Gasteiger partial charge in [-0.1, -0.05) is 6.42 Å². The Morgan fingerprint density at radius 2 is 2.05 bits per heavy atom. The molecule has 7 heteroatoms. The molecule has 0 bridgehead atoms. The first kappa shape index (κ1) is 17.2. The summed E-state index contributed by atoms with van der Waals surface area (Å²) in [7, 11) is -1.50. The van der Waals surface area contributed by atoms with Gasteiger partial charge in [0.05, 0.1) is 0 Å². The van der Waals surface area contributed by atoms with Crippen LogP contribution < -0.4 is 10.0 Å². The van der Waals surface area contributed by atoms with Gasteiger partial charge in [-0.2, -0.15) is 24.5 Å². The fourth-order valence-electron chi connectivity index (χ4n) is 2.15. The third-order valence-electron chi connectivity index (χ3n) is 3.55. The minimum atomic E-state index is -3.37. The fourth-order valence-corrected chi connectivity index (χ4v) is 4.11. The Balaban J connectivity index is 2.68. The summed E-state index contributed by atoms with van der Waals surface area (Å²) in [4.78, 5) is 0. The molecule has 1 heterocycles. The highest BCUT2D eigenvalue weighted by atomic mass is 32.2. The van der Waals surface area contributed by atoms with Crippen LogP contribution in [0.15, 0.2) is 0 Å². The molecule has 0 spiro atoms.